The maximum atomic E-state index is 12.3. The van der Waals surface area contributed by atoms with E-state index in [0.717, 1.165) is 0 Å². The molecule has 32 heavy (non-hydrogen) atoms. The summed E-state index contributed by atoms with van der Waals surface area (Å²) in [6, 6.07) is 5.70. The van der Waals surface area contributed by atoms with E-state index in [9.17, 15) is 30.2 Å². The van der Waals surface area contributed by atoms with Crippen LogP contribution in [0, 0.1) is 10.1 Å². The first kappa shape index (κ1) is 21.3. The van der Waals surface area contributed by atoms with Crippen LogP contribution in [0.4, 0.5) is 17.6 Å². The molecule has 0 spiro atoms. The number of nitrogens with two attached hydrogens (primary N) is 1. The highest BCUT2D eigenvalue weighted by Crippen LogP contribution is 2.33. The van der Waals surface area contributed by atoms with E-state index in [2.05, 4.69) is 25.5 Å². The minimum atomic E-state index is -1.49. The molecule has 1 saturated heterocycles. The fraction of sp³-hybridized carbons (Fsp3) is 0.294. The second-order valence-corrected chi connectivity index (χ2v) is 6.88. The number of benzene rings is 1. The number of nitro benzene ring substituents is 1. The normalized spacial score (nSPS) is 23.2. The van der Waals surface area contributed by atoms with Crippen molar-refractivity contribution >= 4 is 35.0 Å². The molecule has 0 bridgehead atoms. The molecule has 2 aromatic heterocycles. The average molecular weight is 446 g/mol. The van der Waals surface area contributed by atoms with Crippen LogP contribution in [0.15, 0.2) is 34.2 Å². The lowest BCUT2D eigenvalue weighted by molar-refractivity contribution is -0.384. The molecule has 7 N–H and O–H groups in total. The van der Waals surface area contributed by atoms with Crippen molar-refractivity contribution in [3.8, 4) is 0 Å². The van der Waals surface area contributed by atoms with Crippen LogP contribution in [0.2, 0.25) is 0 Å². The molecule has 1 aliphatic rings. The average Bonchev–Trinajstić information content (AvgIpc) is 3.25. The first-order valence-electron chi connectivity index (χ1n) is 9.24. The lowest BCUT2D eigenvalue weighted by atomic mass is 10.1. The first-order valence-corrected chi connectivity index (χ1v) is 9.24. The van der Waals surface area contributed by atoms with Crippen molar-refractivity contribution in [2.45, 2.75) is 24.5 Å². The van der Waals surface area contributed by atoms with E-state index in [4.69, 9.17) is 10.5 Å². The third-order valence-corrected chi connectivity index (χ3v) is 4.80. The second kappa shape index (κ2) is 8.31. The van der Waals surface area contributed by atoms with E-state index in [-0.39, 0.29) is 28.7 Å². The summed E-state index contributed by atoms with van der Waals surface area (Å²) < 4.78 is 6.70. The summed E-state index contributed by atoms with van der Waals surface area (Å²) in [5, 5.41) is 44.8. The van der Waals surface area contributed by atoms with Crippen LogP contribution < -0.4 is 16.7 Å². The topological polar surface area (TPSA) is 227 Å². The van der Waals surface area contributed by atoms with Gasteiger partial charge in [0, 0.05) is 17.7 Å². The molecule has 1 aliphatic heterocycles. The molecule has 4 rings (SSSR count). The van der Waals surface area contributed by atoms with Gasteiger partial charge in [-0.1, -0.05) is 12.1 Å². The fourth-order valence-electron chi connectivity index (χ4n) is 3.30. The summed E-state index contributed by atoms with van der Waals surface area (Å²) in [6.07, 6.45) is -4.00. The lowest BCUT2D eigenvalue weighted by Gasteiger charge is -2.18. The lowest BCUT2D eigenvalue weighted by Crippen LogP contribution is -2.33. The number of fused-ring (bicyclic) bond motifs is 1. The Balaban J connectivity index is 1.74. The highest BCUT2D eigenvalue weighted by Gasteiger charge is 2.45. The summed E-state index contributed by atoms with van der Waals surface area (Å²) in [5.74, 6) is -0.317. The molecular formula is C17H18N8O7. The van der Waals surface area contributed by atoms with Gasteiger partial charge in [-0.3, -0.25) is 24.5 Å². The molecule has 3 heterocycles. The predicted octanol–water partition coefficient (Wildman–Crippen LogP) is -1.33. The number of aromatic nitrogens is 4. The number of nitrogen functional groups attached to an aromatic ring is 1. The number of H-pyrrole nitrogens is 1. The number of nitrogens with zero attached hydrogens (tertiary/aromatic N) is 5. The van der Waals surface area contributed by atoms with Crippen molar-refractivity contribution in [2.24, 2.45) is 5.10 Å². The van der Waals surface area contributed by atoms with Gasteiger partial charge in [-0.25, -0.2) is 10.4 Å². The van der Waals surface area contributed by atoms with Crippen molar-refractivity contribution in [3.63, 3.8) is 0 Å². The summed E-state index contributed by atoms with van der Waals surface area (Å²) in [4.78, 5) is 33.1. The Morgan fingerprint density at radius 1 is 1.38 bits per heavy atom. The number of non-ortho nitro benzene ring substituents is 1. The Bertz CT molecular complexity index is 1260. The zero-order valence-electron chi connectivity index (χ0n) is 16.2. The Morgan fingerprint density at radius 2 is 2.16 bits per heavy atom. The van der Waals surface area contributed by atoms with Gasteiger partial charge >= 0.3 is 0 Å². The maximum absolute atomic E-state index is 12.3. The zero-order valence-corrected chi connectivity index (χ0v) is 16.2. The quantitative estimate of drug-likeness (QED) is 0.148. The highest BCUT2D eigenvalue weighted by atomic mass is 16.6. The van der Waals surface area contributed by atoms with E-state index in [1.54, 1.807) is 6.07 Å². The highest BCUT2D eigenvalue weighted by molar-refractivity contribution is 5.81. The molecule has 0 saturated carbocycles. The Hall–Kier alpha value is -3.92. The van der Waals surface area contributed by atoms with Gasteiger partial charge in [-0.2, -0.15) is 10.1 Å². The van der Waals surface area contributed by atoms with E-state index in [1.807, 2.05) is 0 Å². The molecule has 1 aromatic carbocycles. The standard InChI is InChI=1S/C17H18N8O7/c18-16-21-13-10(14(29)22-16)20-17(24(13)15-12(28)11(27)9(6-26)32-15)23-19-5-7-2-1-3-8(4-7)25(30)31/h1-5,9,11-12,15,26-28H,6H2,(H,20,23)(H3,18,21,22,29). The molecule has 1 fully saturated rings. The minimum Gasteiger partial charge on any atom is -0.394 e. The Labute approximate surface area is 177 Å². The molecule has 4 unspecified atom stereocenters. The van der Waals surface area contributed by atoms with Gasteiger partial charge in [0.05, 0.1) is 17.7 Å². The third kappa shape index (κ3) is 3.76. The number of nitro groups is 1. The number of imidazole rings is 1. The van der Waals surface area contributed by atoms with Gasteiger partial charge in [0.25, 0.3) is 11.2 Å². The van der Waals surface area contributed by atoms with Crippen molar-refractivity contribution < 1.29 is 25.0 Å². The van der Waals surface area contributed by atoms with Crippen LogP contribution in [0.25, 0.3) is 11.2 Å². The van der Waals surface area contributed by atoms with Crippen molar-refractivity contribution in [2.75, 3.05) is 17.8 Å². The SMILES string of the molecule is Nc1nc2c(nc(NN=Cc3cccc([N+](=O)[O-])c3)n2C2OC(CO)C(O)C2O)c(=O)[nH]1. The molecule has 0 radical (unpaired) electrons. The van der Waals surface area contributed by atoms with E-state index < -0.39 is 41.6 Å². The van der Waals surface area contributed by atoms with E-state index in [1.165, 1.54) is 29.0 Å². The number of hydrogen-bond acceptors (Lipinski definition) is 12. The molecule has 0 amide bonds. The van der Waals surface area contributed by atoms with Crippen LogP contribution in [-0.4, -0.2) is 70.9 Å². The summed E-state index contributed by atoms with van der Waals surface area (Å²) in [5.41, 5.74) is 7.61. The number of aliphatic hydroxyl groups is 3. The van der Waals surface area contributed by atoms with Crippen LogP contribution in [0.5, 0.6) is 0 Å². The van der Waals surface area contributed by atoms with Gasteiger partial charge < -0.3 is 25.8 Å². The number of nitrogens with one attached hydrogen (secondary N) is 2. The van der Waals surface area contributed by atoms with Gasteiger partial charge in [-0.05, 0) is 0 Å². The minimum absolute atomic E-state index is 0.0610. The molecule has 15 heteroatoms. The molecule has 0 aliphatic carbocycles. The summed E-state index contributed by atoms with van der Waals surface area (Å²) in [6.45, 7) is -0.564. The monoisotopic (exact) mass is 446 g/mol. The van der Waals surface area contributed by atoms with Gasteiger partial charge in [0.15, 0.2) is 17.4 Å². The van der Waals surface area contributed by atoms with Crippen LogP contribution in [0.3, 0.4) is 0 Å². The molecule has 4 atom stereocenters. The van der Waals surface area contributed by atoms with Crippen LogP contribution in [0.1, 0.15) is 11.8 Å². The van der Waals surface area contributed by atoms with Gasteiger partial charge in [-0.15, -0.1) is 0 Å². The number of rotatable bonds is 6. The largest absolute Gasteiger partial charge is 0.394 e. The van der Waals surface area contributed by atoms with Crippen molar-refractivity contribution in [3.05, 3.63) is 50.3 Å². The number of aromatic amines is 1. The van der Waals surface area contributed by atoms with Gasteiger partial charge in [0.2, 0.25) is 11.9 Å². The zero-order chi connectivity index (χ0) is 23.0. The number of aliphatic hydroxyl groups excluding tert-OH is 3. The predicted molar refractivity (Wildman–Crippen MR) is 110 cm³/mol. The maximum Gasteiger partial charge on any atom is 0.280 e. The van der Waals surface area contributed by atoms with E-state index >= 15 is 0 Å². The van der Waals surface area contributed by atoms with E-state index in [0.29, 0.717) is 5.56 Å². The number of hydrogen-bond donors (Lipinski definition) is 6. The molecular weight excluding hydrogens is 428 g/mol. The number of hydrazone groups is 1. The van der Waals surface area contributed by atoms with Crippen LogP contribution in [-0.2, 0) is 4.74 Å². The molecule has 3 aromatic rings. The number of anilines is 2. The van der Waals surface area contributed by atoms with Crippen molar-refractivity contribution in [1.29, 1.82) is 0 Å². The summed E-state index contributed by atoms with van der Waals surface area (Å²) >= 11 is 0. The Kier molecular flexibility index (Phi) is 5.54. The second-order valence-electron chi connectivity index (χ2n) is 6.88. The molecule has 168 valence electrons. The van der Waals surface area contributed by atoms with Crippen molar-refractivity contribution in [1.82, 2.24) is 19.5 Å². The third-order valence-electron chi connectivity index (χ3n) is 4.80. The Morgan fingerprint density at radius 3 is 2.84 bits per heavy atom. The first-order chi connectivity index (χ1) is 15.3. The smallest absolute Gasteiger partial charge is 0.280 e. The summed E-state index contributed by atoms with van der Waals surface area (Å²) in [7, 11) is 0. The fourth-order valence-corrected chi connectivity index (χ4v) is 3.30. The van der Waals surface area contributed by atoms with Crippen LogP contribution >= 0.6 is 0 Å². The molecule has 15 nitrogen and oxygen atoms in total. The number of ether oxygens (including phenoxy) is 1. The van der Waals surface area contributed by atoms with Gasteiger partial charge in [0.1, 0.15) is 18.3 Å².